The summed E-state index contributed by atoms with van der Waals surface area (Å²) in [6, 6.07) is 6.81. The molecule has 0 aliphatic rings. The van der Waals surface area contributed by atoms with Crippen molar-refractivity contribution in [3.8, 4) is 0 Å². The molecule has 3 nitrogen and oxygen atoms in total. The van der Waals surface area contributed by atoms with Gasteiger partial charge in [-0.25, -0.2) is 0 Å². The summed E-state index contributed by atoms with van der Waals surface area (Å²) >= 11 is 11.1. The fraction of sp³-hybridized carbons (Fsp3) is 0.143. The van der Waals surface area contributed by atoms with Gasteiger partial charge in [0.1, 0.15) is 0 Å². The maximum Gasteiger partial charge on any atom is 0.258 e. The molecule has 1 rings (SSSR count). The van der Waals surface area contributed by atoms with Crippen LogP contribution in [-0.2, 0) is 0 Å². The summed E-state index contributed by atoms with van der Waals surface area (Å²) in [6.07, 6.45) is 3.41. The Labute approximate surface area is 123 Å². The van der Waals surface area contributed by atoms with Gasteiger partial charge >= 0.3 is 0 Å². The lowest BCUT2D eigenvalue weighted by molar-refractivity contribution is 0.0974. The van der Waals surface area contributed by atoms with E-state index < -0.39 is 0 Å². The van der Waals surface area contributed by atoms with Crippen molar-refractivity contribution in [1.82, 2.24) is 10.2 Å². The number of halogens is 1. The zero-order valence-corrected chi connectivity index (χ0v) is 12.0. The van der Waals surface area contributed by atoms with Crippen LogP contribution >= 0.6 is 23.8 Å². The number of benzene rings is 1. The monoisotopic (exact) mass is 294 g/mol. The van der Waals surface area contributed by atoms with Gasteiger partial charge in [-0.2, -0.15) is 0 Å². The van der Waals surface area contributed by atoms with Gasteiger partial charge in [0.15, 0.2) is 5.11 Å². The fourth-order valence-electron chi connectivity index (χ4n) is 1.44. The van der Waals surface area contributed by atoms with Gasteiger partial charge in [0.25, 0.3) is 5.91 Å². The average molecular weight is 295 g/mol. The summed E-state index contributed by atoms with van der Waals surface area (Å²) in [5.41, 5.74) is 0.392. The lowest BCUT2D eigenvalue weighted by atomic mass is 10.2. The van der Waals surface area contributed by atoms with Crippen molar-refractivity contribution in [2.45, 2.75) is 0 Å². The van der Waals surface area contributed by atoms with Crippen LogP contribution in [0, 0.1) is 0 Å². The van der Waals surface area contributed by atoms with Crippen LogP contribution < -0.4 is 5.32 Å². The minimum Gasteiger partial charge on any atom is -0.342 e. The Morgan fingerprint density at radius 3 is 2.42 bits per heavy atom. The molecule has 0 fully saturated rings. The lowest BCUT2D eigenvalue weighted by Gasteiger charge is -2.22. The number of nitrogens with zero attached hydrogens (tertiary/aromatic N) is 1. The van der Waals surface area contributed by atoms with E-state index in [9.17, 15) is 4.79 Å². The van der Waals surface area contributed by atoms with Crippen molar-refractivity contribution in [2.75, 3.05) is 13.1 Å². The van der Waals surface area contributed by atoms with Crippen LogP contribution in [-0.4, -0.2) is 29.0 Å². The molecule has 0 atom stereocenters. The molecule has 5 heteroatoms. The van der Waals surface area contributed by atoms with Gasteiger partial charge in [0.05, 0.1) is 10.6 Å². The maximum atomic E-state index is 12.0. The van der Waals surface area contributed by atoms with Crippen molar-refractivity contribution in [3.63, 3.8) is 0 Å². The van der Waals surface area contributed by atoms with E-state index in [0.717, 1.165) is 0 Å². The van der Waals surface area contributed by atoms with Crippen LogP contribution in [0.4, 0.5) is 0 Å². The normalized spacial score (nSPS) is 9.53. The van der Waals surface area contributed by atoms with Crippen molar-refractivity contribution in [3.05, 3.63) is 60.2 Å². The van der Waals surface area contributed by atoms with Crippen LogP contribution in [0.25, 0.3) is 0 Å². The molecule has 0 spiro atoms. The molecule has 19 heavy (non-hydrogen) atoms. The fourth-order valence-corrected chi connectivity index (χ4v) is 1.90. The first kappa shape index (κ1) is 15.4. The van der Waals surface area contributed by atoms with E-state index in [0.29, 0.717) is 28.8 Å². The molecule has 0 bridgehead atoms. The highest BCUT2D eigenvalue weighted by molar-refractivity contribution is 7.80. The molecule has 0 unspecified atom stereocenters. The molecule has 1 aromatic rings. The molecule has 0 saturated carbocycles. The van der Waals surface area contributed by atoms with Crippen molar-refractivity contribution in [2.24, 2.45) is 0 Å². The number of hydrogen-bond acceptors (Lipinski definition) is 2. The van der Waals surface area contributed by atoms with Crippen LogP contribution in [0.5, 0.6) is 0 Å². The Hall–Kier alpha value is -1.65. The second kappa shape index (κ2) is 7.71. The lowest BCUT2D eigenvalue weighted by Crippen LogP contribution is -2.42. The summed E-state index contributed by atoms with van der Waals surface area (Å²) < 4.78 is 0. The third-order valence-corrected chi connectivity index (χ3v) is 3.01. The average Bonchev–Trinajstić information content (AvgIpc) is 2.38. The largest absolute Gasteiger partial charge is 0.342 e. The van der Waals surface area contributed by atoms with E-state index in [1.54, 1.807) is 41.3 Å². The molecule has 1 aromatic carbocycles. The molecule has 0 radical (unpaired) electrons. The minimum atomic E-state index is -0.325. The molecular weight excluding hydrogens is 280 g/mol. The molecule has 0 saturated heterocycles. The zero-order valence-electron chi connectivity index (χ0n) is 10.4. The second-order valence-electron chi connectivity index (χ2n) is 3.72. The van der Waals surface area contributed by atoms with E-state index in [-0.39, 0.29) is 5.91 Å². The molecule has 100 valence electrons. The van der Waals surface area contributed by atoms with Gasteiger partial charge in [-0.3, -0.25) is 10.1 Å². The summed E-state index contributed by atoms with van der Waals surface area (Å²) in [7, 11) is 0. The number of nitrogens with one attached hydrogen (secondary N) is 1. The first-order valence-corrected chi connectivity index (χ1v) is 6.45. The van der Waals surface area contributed by atoms with Crippen molar-refractivity contribution < 1.29 is 4.79 Å². The van der Waals surface area contributed by atoms with Crippen LogP contribution in [0.15, 0.2) is 49.6 Å². The van der Waals surface area contributed by atoms with Crippen LogP contribution in [0.3, 0.4) is 0 Å². The Bertz CT molecular complexity index is 492. The van der Waals surface area contributed by atoms with E-state index in [2.05, 4.69) is 18.5 Å². The van der Waals surface area contributed by atoms with Gasteiger partial charge in [0.2, 0.25) is 0 Å². The van der Waals surface area contributed by atoms with E-state index in [4.69, 9.17) is 23.8 Å². The molecule has 1 amide bonds. The Morgan fingerprint density at radius 2 is 1.89 bits per heavy atom. The van der Waals surface area contributed by atoms with E-state index >= 15 is 0 Å². The quantitative estimate of drug-likeness (QED) is 0.669. The van der Waals surface area contributed by atoms with Crippen LogP contribution in [0.1, 0.15) is 10.4 Å². The maximum absolute atomic E-state index is 12.0. The van der Waals surface area contributed by atoms with Gasteiger partial charge < -0.3 is 4.90 Å². The highest BCUT2D eigenvalue weighted by atomic mass is 35.5. The Kier molecular flexibility index (Phi) is 6.25. The van der Waals surface area contributed by atoms with Gasteiger partial charge in [-0.05, 0) is 24.4 Å². The third-order valence-electron chi connectivity index (χ3n) is 2.33. The molecule has 0 aromatic heterocycles. The molecule has 0 aliphatic heterocycles. The SMILES string of the molecule is C=CCN(CC=C)C(=S)NC(=O)c1ccccc1Cl. The predicted molar refractivity (Wildman–Crippen MR) is 83.5 cm³/mol. The van der Waals surface area contributed by atoms with Gasteiger partial charge in [0, 0.05) is 13.1 Å². The third kappa shape index (κ3) is 4.50. The number of hydrogen-bond donors (Lipinski definition) is 1. The summed E-state index contributed by atoms with van der Waals surface area (Å²) in [5.74, 6) is -0.325. The van der Waals surface area contributed by atoms with Gasteiger partial charge in [-0.15, -0.1) is 13.2 Å². The highest BCUT2D eigenvalue weighted by Gasteiger charge is 2.14. The summed E-state index contributed by atoms with van der Waals surface area (Å²) in [5, 5.41) is 3.36. The highest BCUT2D eigenvalue weighted by Crippen LogP contribution is 2.14. The molecule has 0 heterocycles. The summed E-state index contributed by atoms with van der Waals surface area (Å²) in [4.78, 5) is 13.8. The Morgan fingerprint density at radius 1 is 1.32 bits per heavy atom. The van der Waals surface area contributed by atoms with Crippen LogP contribution in [0.2, 0.25) is 5.02 Å². The first-order chi connectivity index (χ1) is 9.10. The number of carbonyl (C=O) groups excluding carboxylic acids is 1. The zero-order chi connectivity index (χ0) is 14.3. The molecule has 1 N–H and O–H groups in total. The molecule has 0 aliphatic carbocycles. The minimum absolute atomic E-state index is 0.324. The number of thiocarbonyl (C=S) groups is 1. The second-order valence-corrected chi connectivity index (χ2v) is 4.52. The first-order valence-electron chi connectivity index (χ1n) is 5.66. The Balaban J connectivity index is 2.75. The topological polar surface area (TPSA) is 32.3 Å². The van der Waals surface area contributed by atoms with Gasteiger partial charge in [-0.1, -0.05) is 35.9 Å². The van der Waals surface area contributed by atoms with E-state index in [1.165, 1.54) is 0 Å². The van der Waals surface area contributed by atoms with Crippen molar-refractivity contribution >= 4 is 34.8 Å². The number of amides is 1. The van der Waals surface area contributed by atoms with Crippen molar-refractivity contribution in [1.29, 1.82) is 0 Å². The standard InChI is InChI=1S/C14H15ClN2OS/c1-3-9-17(10-4-2)14(19)16-13(18)11-7-5-6-8-12(11)15/h3-8H,1-2,9-10H2,(H,16,18,19). The summed E-state index contributed by atoms with van der Waals surface area (Å²) in [6.45, 7) is 8.37. The smallest absolute Gasteiger partial charge is 0.258 e. The van der Waals surface area contributed by atoms with E-state index in [1.807, 2.05) is 0 Å². The molecular formula is C14H15ClN2OS. The predicted octanol–water partition coefficient (Wildman–Crippen LogP) is 3.03. The number of carbonyl (C=O) groups is 1. The number of rotatable bonds is 5.